The number of para-hydroxylation sites is 1. The number of carbonyl (C=O) groups excluding carboxylic acids is 1. The van der Waals surface area contributed by atoms with E-state index in [1.165, 1.54) is 0 Å². The quantitative estimate of drug-likeness (QED) is 0.362. The fourth-order valence-corrected chi connectivity index (χ4v) is 3.52. The second-order valence-electron chi connectivity index (χ2n) is 6.22. The lowest BCUT2D eigenvalue weighted by Gasteiger charge is -2.20. The molecule has 0 radical (unpaired) electrons. The molecule has 0 aliphatic rings. The summed E-state index contributed by atoms with van der Waals surface area (Å²) in [6.45, 7) is 1.70. The highest BCUT2D eigenvalue weighted by Gasteiger charge is 2.43. The molecule has 140 valence electrons. The smallest absolute Gasteiger partial charge is 0.382 e. The van der Waals surface area contributed by atoms with E-state index in [1.54, 1.807) is 31.2 Å². The van der Waals surface area contributed by atoms with E-state index in [9.17, 15) is 14.9 Å². The first kappa shape index (κ1) is 18.9. The molecule has 2 aromatic carbocycles. The highest BCUT2D eigenvalue weighted by atomic mass is 35.5. The van der Waals surface area contributed by atoms with E-state index < -0.39 is 22.9 Å². The molecule has 1 aromatic heterocycles. The van der Waals surface area contributed by atoms with Crippen molar-refractivity contribution in [3.63, 3.8) is 0 Å². The number of benzene rings is 2. The number of hydrogen-bond acceptors (Lipinski definition) is 4. The van der Waals surface area contributed by atoms with Crippen molar-refractivity contribution in [2.24, 2.45) is 7.05 Å². The number of carbonyl (C=O) groups is 1. The number of halogens is 1. The molecule has 2 atom stereocenters. The van der Waals surface area contributed by atoms with Gasteiger partial charge in [-0.15, -0.1) is 0 Å². The van der Waals surface area contributed by atoms with Crippen LogP contribution in [0.2, 0.25) is 5.02 Å². The number of rotatable bonds is 6. The van der Waals surface area contributed by atoms with E-state index in [2.05, 4.69) is 0 Å². The SMILES string of the molecule is CCOC(=O)C(C(c1ccc(Cl)cc1)c1cn(C)c2ccccc12)[N+](=O)[O-]. The maximum Gasteiger partial charge on any atom is 0.382 e. The third-order valence-electron chi connectivity index (χ3n) is 4.56. The summed E-state index contributed by atoms with van der Waals surface area (Å²) in [7, 11) is 1.87. The molecule has 0 spiro atoms. The van der Waals surface area contributed by atoms with Crippen LogP contribution in [0.15, 0.2) is 54.7 Å². The predicted molar refractivity (Wildman–Crippen MR) is 104 cm³/mol. The fraction of sp³-hybridized carbons (Fsp3) is 0.250. The van der Waals surface area contributed by atoms with Gasteiger partial charge in [0.1, 0.15) is 0 Å². The van der Waals surface area contributed by atoms with Gasteiger partial charge in [-0.1, -0.05) is 41.9 Å². The fourth-order valence-electron chi connectivity index (χ4n) is 3.39. The van der Waals surface area contributed by atoms with Crippen molar-refractivity contribution in [2.75, 3.05) is 6.61 Å². The second-order valence-corrected chi connectivity index (χ2v) is 6.66. The van der Waals surface area contributed by atoms with E-state index in [1.807, 2.05) is 42.1 Å². The van der Waals surface area contributed by atoms with Crippen LogP contribution in [0.4, 0.5) is 0 Å². The average Bonchev–Trinajstić information content (AvgIpc) is 2.97. The molecule has 0 aliphatic heterocycles. The lowest BCUT2D eigenvalue weighted by Crippen LogP contribution is -2.37. The Morgan fingerprint density at radius 3 is 2.52 bits per heavy atom. The summed E-state index contributed by atoms with van der Waals surface area (Å²) in [4.78, 5) is 23.8. The summed E-state index contributed by atoms with van der Waals surface area (Å²) in [6.07, 6.45) is 1.83. The Balaban J connectivity index is 2.24. The lowest BCUT2D eigenvalue weighted by atomic mass is 9.85. The molecule has 2 unspecified atom stereocenters. The number of ether oxygens (including phenoxy) is 1. The molecule has 3 rings (SSSR count). The maximum absolute atomic E-state index is 12.5. The monoisotopic (exact) mass is 386 g/mol. The van der Waals surface area contributed by atoms with Crippen molar-refractivity contribution in [3.8, 4) is 0 Å². The van der Waals surface area contributed by atoms with Gasteiger partial charge >= 0.3 is 12.0 Å². The van der Waals surface area contributed by atoms with Gasteiger partial charge in [-0.25, -0.2) is 4.79 Å². The third kappa shape index (κ3) is 3.66. The van der Waals surface area contributed by atoms with Gasteiger partial charge in [0.25, 0.3) is 0 Å². The van der Waals surface area contributed by atoms with Gasteiger partial charge in [-0.3, -0.25) is 10.1 Å². The third-order valence-corrected chi connectivity index (χ3v) is 4.81. The van der Waals surface area contributed by atoms with Crippen molar-refractivity contribution >= 4 is 28.5 Å². The zero-order valence-corrected chi connectivity index (χ0v) is 15.7. The summed E-state index contributed by atoms with van der Waals surface area (Å²) in [6, 6.07) is 12.8. The molecule has 0 amide bonds. The van der Waals surface area contributed by atoms with Gasteiger partial charge in [0.2, 0.25) is 0 Å². The maximum atomic E-state index is 12.5. The largest absolute Gasteiger partial charge is 0.461 e. The van der Waals surface area contributed by atoms with Crippen molar-refractivity contribution in [3.05, 3.63) is 81.0 Å². The van der Waals surface area contributed by atoms with Crippen LogP contribution < -0.4 is 0 Å². The summed E-state index contributed by atoms with van der Waals surface area (Å²) in [5.41, 5.74) is 2.26. The van der Waals surface area contributed by atoms with E-state index in [0.717, 1.165) is 10.9 Å². The van der Waals surface area contributed by atoms with Crippen LogP contribution in [0.1, 0.15) is 24.0 Å². The van der Waals surface area contributed by atoms with Crippen molar-refractivity contribution < 1.29 is 14.5 Å². The minimum absolute atomic E-state index is 0.0754. The van der Waals surface area contributed by atoms with Gasteiger partial charge in [-0.05, 0) is 36.2 Å². The van der Waals surface area contributed by atoms with E-state index in [4.69, 9.17) is 16.3 Å². The normalized spacial score (nSPS) is 13.3. The van der Waals surface area contributed by atoms with Gasteiger partial charge < -0.3 is 9.30 Å². The molecule has 7 heteroatoms. The molecule has 27 heavy (non-hydrogen) atoms. The Morgan fingerprint density at radius 1 is 1.22 bits per heavy atom. The molecule has 3 aromatic rings. The number of aryl methyl sites for hydroxylation is 1. The highest BCUT2D eigenvalue weighted by Crippen LogP contribution is 2.36. The average molecular weight is 387 g/mol. The molecule has 0 saturated heterocycles. The molecule has 6 nitrogen and oxygen atoms in total. The van der Waals surface area contributed by atoms with Crippen LogP contribution in [-0.2, 0) is 16.6 Å². The molecule has 1 heterocycles. The van der Waals surface area contributed by atoms with Gasteiger partial charge in [0.05, 0.1) is 12.5 Å². The molecule has 0 aliphatic carbocycles. The van der Waals surface area contributed by atoms with Crippen LogP contribution in [0.3, 0.4) is 0 Å². The molecular weight excluding hydrogens is 368 g/mol. The molecule has 0 N–H and O–H groups in total. The van der Waals surface area contributed by atoms with E-state index in [0.29, 0.717) is 16.1 Å². The molecular formula is C20H19ClN2O4. The Morgan fingerprint density at radius 2 is 1.89 bits per heavy atom. The topological polar surface area (TPSA) is 74.4 Å². The first-order valence-electron chi connectivity index (χ1n) is 8.53. The predicted octanol–water partition coefficient (Wildman–Crippen LogP) is 4.17. The van der Waals surface area contributed by atoms with Crippen molar-refractivity contribution in [1.82, 2.24) is 4.57 Å². The van der Waals surface area contributed by atoms with Crippen LogP contribution in [0.25, 0.3) is 10.9 Å². The van der Waals surface area contributed by atoms with Gasteiger partial charge in [-0.2, -0.15) is 0 Å². The first-order valence-corrected chi connectivity index (χ1v) is 8.91. The van der Waals surface area contributed by atoms with Crippen molar-refractivity contribution in [1.29, 1.82) is 0 Å². The molecule has 0 saturated carbocycles. The standard InChI is InChI=1S/C20H19ClN2O4/c1-3-27-20(24)19(23(25)26)18(13-8-10-14(21)11-9-13)16-12-22(2)17-7-5-4-6-15(16)17/h4-12,18-19H,3H2,1-2H3. The number of fused-ring (bicyclic) bond motifs is 1. The Bertz CT molecular complexity index is 981. The number of esters is 1. The number of nitrogens with zero attached hydrogens (tertiary/aromatic N) is 2. The van der Waals surface area contributed by atoms with Crippen LogP contribution in [-0.4, -0.2) is 28.1 Å². The minimum atomic E-state index is -1.56. The first-order chi connectivity index (χ1) is 12.9. The van der Waals surface area contributed by atoms with Crippen LogP contribution in [0, 0.1) is 10.1 Å². The van der Waals surface area contributed by atoms with Gasteiger partial charge in [0.15, 0.2) is 0 Å². The zero-order chi connectivity index (χ0) is 19.6. The number of nitro groups is 1. The summed E-state index contributed by atoms with van der Waals surface area (Å²) >= 11 is 5.99. The summed E-state index contributed by atoms with van der Waals surface area (Å²) < 4.78 is 6.92. The van der Waals surface area contributed by atoms with E-state index >= 15 is 0 Å². The van der Waals surface area contributed by atoms with Crippen molar-refractivity contribution in [2.45, 2.75) is 18.9 Å². The Labute approximate surface area is 161 Å². The van der Waals surface area contributed by atoms with Crippen LogP contribution in [0.5, 0.6) is 0 Å². The Hall–Kier alpha value is -2.86. The summed E-state index contributed by atoms with van der Waals surface area (Å²) in [5.74, 6) is -1.65. The second kappa shape index (κ2) is 7.80. The lowest BCUT2D eigenvalue weighted by molar-refractivity contribution is -0.513. The highest BCUT2D eigenvalue weighted by molar-refractivity contribution is 6.30. The Kier molecular flexibility index (Phi) is 5.46. The molecule has 0 fully saturated rings. The molecule has 0 bridgehead atoms. The zero-order valence-electron chi connectivity index (χ0n) is 15.0. The minimum Gasteiger partial charge on any atom is -0.461 e. The van der Waals surface area contributed by atoms with E-state index in [-0.39, 0.29) is 6.61 Å². The number of hydrogen-bond donors (Lipinski definition) is 0. The number of aromatic nitrogens is 1. The van der Waals surface area contributed by atoms with Crippen LogP contribution >= 0.6 is 11.6 Å². The summed E-state index contributed by atoms with van der Waals surface area (Å²) in [5, 5.41) is 13.3. The van der Waals surface area contributed by atoms with Gasteiger partial charge in [0, 0.05) is 34.1 Å².